The van der Waals surface area contributed by atoms with Gasteiger partial charge in [-0.25, -0.2) is 0 Å². The van der Waals surface area contributed by atoms with Gasteiger partial charge in [0.1, 0.15) is 12.7 Å². The molecule has 0 amide bonds. The van der Waals surface area contributed by atoms with Crippen LogP contribution in [0.4, 0.5) is 0 Å². The van der Waals surface area contributed by atoms with Crippen molar-refractivity contribution in [3.05, 3.63) is 61.5 Å². The Hall–Kier alpha value is -2.41. The van der Waals surface area contributed by atoms with Gasteiger partial charge in [-0.3, -0.25) is 4.90 Å². The number of thiophene rings is 1. The molecule has 0 fully saturated rings. The van der Waals surface area contributed by atoms with Crippen molar-refractivity contribution in [2.45, 2.75) is 18.6 Å². The second kappa shape index (κ2) is 11.3. The maximum Gasteiger partial charge on any atom is 0.294 e. The molecule has 31 heavy (non-hydrogen) atoms. The maximum atomic E-state index is 10.5. The molecule has 0 spiro atoms. The monoisotopic (exact) mass is 469 g/mol. The second-order valence-electron chi connectivity index (χ2n) is 7.05. The lowest BCUT2D eigenvalue weighted by molar-refractivity contribution is -0.788. The fourth-order valence-electron chi connectivity index (χ4n) is 3.30. The van der Waals surface area contributed by atoms with Crippen molar-refractivity contribution < 1.29 is 25.0 Å². The van der Waals surface area contributed by atoms with Crippen molar-refractivity contribution in [2.24, 2.45) is 0 Å². The van der Waals surface area contributed by atoms with E-state index in [9.17, 15) is 25.3 Å². The van der Waals surface area contributed by atoms with Gasteiger partial charge in [0.25, 0.3) is 10.2 Å². The van der Waals surface area contributed by atoms with Gasteiger partial charge in [-0.15, -0.1) is 31.6 Å². The van der Waals surface area contributed by atoms with Crippen LogP contribution in [-0.4, -0.2) is 70.1 Å². The average Bonchev–Trinajstić information content (AvgIpc) is 3.16. The number of benzene rings is 1. The van der Waals surface area contributed by atoms with Gasteiger partial charge in [-0.1, -0.05) is 24.3 Å². The van der Waals surface area contributed by atoms with Crippen LogP contribution >= 0.6 is 23.1 Å². The van der Waals surface area contributed by atoms with Gasteiger partial charge in [0.15, 0.2) is 0 Å². The largest absolute Gasteiger partial charge is 0.391 e. The van der Waals surface area contributed by atoms with Crippen LogP contribution in [0.15, 0.2) is 36.4 Å². The minimum atomic E-state index is -1.07. The molecule has 168 valence electrons. The Kier molecular flexibility index (Phi) is 8.46. The number of fused-ring (bicyclic) bond motifs is 1. The van der Waals surface area contributed by atoms with E-state index in [-0.39, 0.29) is 5.75 Å². The van der Waals surface area contributed by atoms with E-state index in [1.54, 1.807) is 11.3 Å². The SMILES string of the molecule is O=[N+]([O-])OCC(CSC[C@@H](O)CN1CC=C(c2cc3ccccc3s2)CC1)O[N+](=O)[O-]. The highest BCUT2D eigenvalue weighted by Gasteiger charge is 2.20. The molecule has 2 heterocycles. The van der Waals surface area contributed by atoms with Crippen molar-refractivity contribution in [3.8, 4) is 0 Å². The number of hydrogen-bond donors (Lipinski definition) is 1. The number of aliphatic hydroxyl groups excluding tert-OH is 1. The first kappa shape index (κ1) is 23.3. The van der Waals surface area contributed by atoms with E-state index in [2.05, 4.69) is 38.9 Å². The van der Waals surface area contributed by atoms with E-state index in [1.165, 1.54) is 32.3 Å². The summed E-state index contributed by atoms with van der Waals surface area (Å²) >= 11 is 3.02. The van der Waals surface area contributed by atoms with Gasteiger partial charge in [0, 0.05) is 40.7 Å². The highest BCUT2D eigenvalue weighted by molar-refractivity contribution is 7.99. The molecule has 10 nitrogen and oxygen atoms in total. The molecule has 1 aliphatic rings. The minimum Gasteiger partial charge on any atom is -0.391 e. The van der Waals surface area contributed by atoms with Crippen molar-refractivity contribution >= 4 is 38.8 Å². The zero-order valence-corrected chi connectivity index (χ0v) is 18.3. The van der Waals surface area contributed by atoms with Crippen molar-refractivity contribution in [3.63, 3.8) is 0 Å². The molecular weight excluding hydrogens is 446 g/mol. The Morgan fingerprint density at radius 1 is 1.23 bits per heavy atom. The molecule has 1 aromatic carbocycles. The van der Waals surface area contributed by atoms with Gasteiger partial charge >= 0.3 is 0 Å². The third-order valence-corrected chi connectivity index (χ3v) is 7.14. The van der Waals surface area contributed by atoms with Crippen LogP contribution in [0.2, 0.25) is 0 Å². The molecule has 3 rings (SSSR count). The van der Waals surface area contributed by atoms with Crippen molar-refractivity contribution in [1.29, 1.82) is 0 Å². The highest BCUT2D eigenvalue weighted by atomic mass is 32.2. The highest BCUT2D eigenvalue weighted by Crippen LogP contribution is 2.33. The summed E-state index contributed by atoms with van der Waals surface area (Å²) < 4.78 is 1.27. The number of nitrogens with zero attached hydrogens (tertiary/aromatic N) is 3. The zero-order chi connectivity index (χ0) is 22.2. The summed E-state index contributed by atoms with van der Waals surface area (Å²) in [6.45, 7) is 1.53. The van der Waals surface area contributed by atoms with Crippen LogP contribution in [0, 0.1) is 20.2 Å². The summed E-state index contributed by atoms with van der Waals surface area (Å²) in [5.74, 6) is 0.432. The minimum absolute atomic E-state index is 0.0991. The number of thioether (sulfide) groups is 1. The Balaban J connectivity index is 1.42. The lowest BCUT2D eigenvalue weighted by Gasteiger charge is -2.28. The van der Waals surface area contributed by atoms with Crippen LogP contribution in [0.5, 0.6) is 0 Å². The van der Waals surface area contributed by atoms with Gasteiger partial charge in [-0.2, -0.15) is 11.8 Å². The lowest BCUT2D eigenvalue weighted by Crippen LogP contribution is -2.36. The first-order valence-corrected chi connectivity index (χ1v) is 11.6. The molecule has 12 heteroatoms. The third kappa shape index (κ3) is 7.35. The topological polar surface area (TPSA) is 128 Å². The standard InChI is InChI=1S/C19H23N3O7S2/c23-16(12-30-13-17(29-22(26)27)11-28-21(24)25)10-20-7-5-14(6-8-20)19-9-15-3-1-2-4-18(15)31-19/h1-5,9,16-17,23H,6-8,10-13H2/t16-,17?/m0/s1. The van der Waals surface area contributed by atoms with Crippen LogP contribution in [0.3, 0.4) is 0 Å². The second-order valence-corrected chi connectivity index (χ2v) is 9.21. The van der Waals surface area contributed by atoms with Gasteiger partial charge in [-0.05, 0) is 29.5 Å². The van der Waals surface area contributed by atoms with Crippen molar-refractivity contribution in [2.75, 3.05) is 37.7 Å². The van der Waals surface area contributed by atoms with E-state index in [4.69, 9.17) is 0 Å². The molecule has 1 aromatic heterocycles. The summed E-state index contributed by atoms with van der Waals surface area (Å²) in [5.41, 5.74) is 1.33. The number of β-amino-alcohol motifs (C(OH)–C–C–N with tert-alkyl or cyclic N) is 1. The molecule has 0 saturated carbocycles. The lowest BCUT2D eigenvalue weighted by atomic mass is 10.1. The predicted molar refractivity (Wildman–Crippen MR) is 119 cm³/mol. The number of aliphatic hydroxyl groups is 1. The van der Waals surface area contributed by atoms with E-state index in [0.717, 1.165) is 19.5 Å². The maximum absolute atomic E-state index is 10.5. The molecule has 1 N–H and O–H groups in total. The summed E-state index contributed by atoms with van der Waals surface area (Å²) in [5, 5.41) is 30.3. The molecule has 0 radical (unpaired) electrons. The first-order chi connectivity index (χ1) is 14.9. The first-order valence-electron chi connectivity index (χ1n) is 9.65. The van der Waals surface area contributed by atoms with Gasteiger partial charge in [0.05, 0.1) is 6.10 Å². The van der Waals surface area contributed by atoms with Gasteiger partial charge in [0.2, 0.25) is 0 Å². The number of hydrogen-bond acceptors (Lipinski definition) is 10. The fourth-order valence-corrected chi connectivity index (χ4v) is 5.37. The smallest absolute Gasteiger partial charge is 0.294 e. The molecule has 1 unspecified atom stereocenters. The fraction of sp³-hybridized carbons (Fsp3) is 0.474. The van der Waals surface area contributed by atoms with Crippen LogP contribution in [0.25, 0.3) is 15.7 Å². The van der Waals surface area contributed by atoms with E-state index >= 15 is 0 Å². The Morgan fingerprint density at radius 3 is 2.71 bits per heavy atom. The van der Waals surface area contributed by atoms with E-state index < -0.39 is 29.0 Å². The summed E-state index contributed by atoms with van der Waals surface area (Å²) in [6.07, 6.45) is 1.41. The zero-order valence-electron chi connectivity index (χ0n) is 16.6. The molecular formula is C19H23N3O7S2. The van der Waals surface area contributed by atoms with Crippen molar-refractivity contribution in [1.82, 2.24) is 4.90 Å². The molecule has 0 bridgehead atoms. The summed E-state index contributed by atoms with van der Waals surface area (Å²) in [7, 11) is 0. The summed E-state index contributed by atoms with van der Waals surface area (Å²) in [4.78, 5) is 32.7. The summed E-state index contributed by atoms with van der Waals surface area (Å²) in [6, 6.07) is 10.5. The third-order valence-electron chi connectivity index (χ3n) is 4.72. The molecule has 2 atom stereocenters. The molecule has 0 aliphatic carbocycles. The van der Waals surface area contributed by atoms with Gasteiger partial charge < -0.3 is 14.8 Å². The van der Waals surface area contributed by atoms with E-state index in [1.807, 2.05) is 12.1 Å². The normalized spacial score (nSPS) is 16.5. The quantitative estimate of drug-likeness (QED) is 0.368. The Labute approximate surface area is 186 Å². The Morgan fingerprint density at radius 2 is 2.03 bits per heavy atom. The van der Waals surface area contributed by atoms with Crippen LogP contribution < -0.4 is 0 Å². The van der Waals surface area contributed by atoms with Crippen LogP contribution in [-0.2, 0) is 9.68 Å². The molecule has 2 aromatic rings. The van der Waals surface area contributed by atoms with Crippen LogP contribution in [0.1, 0.15) is 11.3 Å². The number of rotatable bonds is 12. The molecule has 0 saturated heterocycles. The average molecular weight is 470 g/mol. The Bertz CT molecular complexity index is 903. The molecule has 1 aliphatic heterocycles. The predicted octanol–water partition coefficient (Wildman–Crippen LogP) is 2.87. The van der Waals surface area contributed by atoms with E-state index in [0.29, 0.717) is 12.3 Å².